The fourth-order valence-electron chi connectivity index (χ4n) is 1.48. The van der Waals surface area contributed by atoms with Gasteiger partial charge in [-0.05, 0) is 0 Å². The summed E-state index contributed by atoms with van der Waals surface area (Å²) in [5.41, 5.74) is 0. The molecule has 0 aromatic carbocycles. The van der Waals surface area contributed by atoms with E-state index in [2.05, 4.69) is 0 Å². The molecule has 13 heteroatoms. The molecule has 0 saturated carbocycles. The summed E-state index contributed by atoms with van der Waals surface area (Å²) in [5, 5.41) is 34.5. The number of nitrogens with zero attached hydrogens (tertiary/aromatic N) is 2. The Labute approximate surface area is 192 Å². The van der Waals surface area contributed by atoms with E-state index in [-0.39, 0.29) is 95.3 Å². The third kappa shape index (κ3) is 20.5. The molecule has 0 aromatic heterocycles. The van der Waals surface area contributed by atoms with Crippen molar-refractivity contribution in [1.82, 2.24) is 9.80 Å². The Balaban J connectivity index is -0.000000602. The molecule has 23 heavy (non-hydrogen) atoms. The first-order chi connectivity index (χ1) is 9.20. The predicted molar refractivity (Wildman–Crippen MR) is 69.2 cm³/mol. The number of aliphatic carboxylic acids is 4. The first kappa shape index (κ1) is 31.3. The molecule has 0 saturated heterocycles. The van der Waals surface area contributed by atoms with Crippen molar-refractivity contribution in [2.24, 2.45) is 0 Å². The molecule has 0 fully saturated rings. The van der Waals surface area contributed by atoms with Gasteiger partial charge < -0.3 is 20.4 Å². The summed E-state index contributed by atoms with van der Waals surface area (Å²) < 4.78 is 0. The minimum absolute atomic E-state index is 0. The zero-order valence-corrected chi connectivity index (χ0v) is 18.7. The SMILES string of the molecule is O=C(O)CN(CCN(CC(=O)O)CC(=O)O)CC(=O)O.[Mg+2].[Na+].[Na+]. The molecule has 0 aliphatic carbocycles. The molecule has 0 atom stereocenters. The van der Waals surface area contributed by atoms with E-state index in [9.17, 15) is 19.2 Å². The second kappa shape index (κ2) is 17.4. The predicted octanol–water partition coefficient (Wildman–Crippen LogP) is -8.44. The summed E-state index contributed by atoms with van der Waals surface area (Å²) in [6.07, 6.45) is 0. The van der Waals surface area contributed by atoms with Crippen molar-refractivity contribution in [3.05, 3.63) is 0 Å². The van der Waals surface area contributed by atoms with Crippen LogP contribution < -0.4 is 59.1 Å². The average Bonchev–Trinajstić information content (AvgIpc) is 2.22. The number of carbonyl (C=O) groups is 4. The van der Waals surface area contributed by atoms with Crippen LogP contribution >= 0.6 is 0 Å². The van der Waals surface area contributed by atoms with Gasteiger partial charge >= 0.3 is 106 Å². The Hall–Kier alpha value is 0.566. The third-order valence-corrected chi connectivity index (χ3v) is 2.17. The van der Waals surface area contributed by atoms with Crippen LogP contribution in [0.15, 0.2) is 0 Å². The average molecular weight is 363 g/mol. The maximum absolute atomic E-state index is 10.6. The number of rotatable bonds is 11. The third-order valence-electron chi connectivity index (χ3n) is 2.17. The van der Waals surface area contributed by atoms with Crippen LogP contribution in [-0.2, 0) is 19.2 Å². The van der Waals surface area contributed by atoms with Crippen molar-refractivity contribution >= 4 is 46.9 Å². The molecule has 0 rings (SSSR count). The molecular weight excluding hydrogens is 346 g/mol. The quantitative estimate of drug-likeness (QED) is 0.260. The summed E-state index contributed by atoms with van der Waals surface area (Å²) in [6.45, 7) is -2.25. The van der Waals surface area contributed by atoms with Crippen LogP contribution in [0.25, 0.3) is 0 Å². The first-order valence-corrected chi connectivity index (χ1v) is 5.52. The van der Waals surface area contributed by atoms with Crippen molar-refractivity contribution in [3.8, 4) is 0 Å². The maximum Gasteiger partial charge on any atom is 2.00 e. The molecule has 0 unspecified atom stereocenters. The number of hydrogen-bond donors (Lipinski definition) is 4. The smallest absolute Gasteiger partial charge is 0.480 e. The molecule has 0 spiro atoms. The van der Waals surface area contributed by atoms with Gasteiger partial charge in [0.25, 0.3) is 0 Å². The monoisotopic (exact) mass is 362 g/mol. The van der Waals surface area contributed by atoms with Crippen LogP contribution in [0.3, 0.4) is 0 Å². The molecule has 10 nitrogen and oxygen atoms in total. The van der Waals surface area contributed by atoms with Crippen molar-refractivity contribution < 1.29 is 98.7 Å². The maximum atomic E-state index is 10.6. The van der Waals surface area contributed by atoms with Gasteiger partial charge in [0.1, 0.15) is 0 Å². The summed E-state index contributed by atoms with van der Waals surface area (Å²) in [5.74, 6) is -4.91. The van der Waals surface area contributed by atoms with Crippen LogP contribution in [0.4, 0.5) is 0 Å². The van der Waals surface area contributed by atoms with E-state index >= 15 is 0 Å². The minimum Gasteiger partial charge on any atom is -0.480 e. The molecule has 0 amide bonds. The first-order valence-electron chi connectivity index (χ1n) is 5.52. The van der Waals surface area contributed by atoms with E-state index in [1.165, 1.54) is 0 Å². The van der Waals surface area contributed by atoms with Crippen LogP contribution in [0, 0.1) is 0 Å². The normalized spacial score (nSPS) is 9.30. The summed E-state index contributed by atoms with van der Waals surface area (Å²) in [6, 6.07) is 0. The van der Waals surface area contributed by atoms with Gasteiger partial charge in [0.05, 0.1) is 26.2 Å². The summed E-state index contributed by atoms with van der Waals surface area (Å²) >= 11 is 0. The zero-order valence-electron chi connectivity index (χ0n) is 13.3. The van der Waals surface area contributed by atoms with E-state index in [1.54, 1.807) is 0 Å². The van der Waals surface area contributed by atoms with E-state index < -0.39 is 50.1 Å². The van der Waals surface area contributed by atoms with Gasteiger partial charge in [0, 0.05) is 13.1 Å². The van der Waals surface area contributed by atoms with E-state index in [0.29, 0.717) is 0 Å². The van der Waals surface area contributed by atoms with E-state index in [0.717, 1.165) is 9.80 Å². The largest absolute Gasteiger partial charge is 2.00 e. The molecule has 114 valence electrons. The zero-order chi connectivity index (χ0) is 15.7. The fourth-order valence-corrected chi connectivity index (χ4v) is 1.48. The Morgan fingerprint density at radius 2 is 0.739 bits per heavy atom. The van der Waals surface area contributed by atoms with Crippen molar-refractivity contribution in [3.63, 3.8) is 0 Å². The number of carboxylic acids is 4. The summed E-state index contributed by atoms with van der Waals surface area (Å²) in [7, 11) is 0. The fraction of sp³-hybridized carbons (Fsp3) is 0.600. The van der Waals surface area contributed by atoms with Crippen LogP contribution in [0.5, 0.6) is 0 Å². The van der Waals surface area contributed by atoms with Gasteiger partial charge in [-0.2, -0.15) is 0 Å². The molecular formula is C10H16MgN2Na2O8+4. The van der Waals surface area contributed by atoms with Crippen LogP contribution in [0.2, 0.25) is 0 Å². The topological polar surface area (TPSA) is 156 Å². The second-order valence-corrected chi connectivity index (χ2v) is 4.00. The van der Waals surface area contributed by atoms with Crippen molar-refractivity contribution in [2.45, 2.75) is 0 Å². The Morgan fingerprint density at radius 1 is 0.565 bits per heavy atom. The van der Waals surface area contributed by atoms with E-state index in [4.69, 9.17) is 20.4 Å². The molecule has 4 N–H and O–H groups in total. The molecule has 0 aliphatic rings. The summed E-state index contributed by atoms with van der Waals surface area (Å²) in [4.78, 5) is 44.4. The van der Waals surface area contributed by atoms with Crippen LogP contribution in [-0.4, -0.2) is 116 Å². The van der Waals surface area contributed by atoms with Gasteiger partial charge in [-0.1, -0.05) is 0 Å². The van der Waals surface area contributed by atoms with Gasteiger partial charge in [-0.25, -0.2) is 0 Å². The molecule has 0 radical (unpaired) electrons. The van der Waals surface area contributed by atoms with Crippen molar-refractivity contribution in [1.29, 1.82) is 0 Å². The molecule has 0 heterocycles. The van der Waals surface area contributed by atoms with Gasteiger partial charge in [0.2, 0.25) is 0 Å². The minimum atomic E-state index is -1.23. The standard InChI is InChI=1S/C10H16N2O8.Mg.2Na/c13-7(14)3-11(4-8(15)16)1-2-12(5-9(17)18)6-10(19)20;;;/h1-6H2,(H,13,14)(H,15,16)(H,17,18)(H,19,20);;;/q;+2;2*+1. The van der Waals surface area contributed by atoms with Gasteiger partial charge in [-0.15, -0.1) is 0 Å². The molecule has 0 bridgehead atoms. The van der Waals surface area contributed by atoms with Crippen LogP contribution in [0.1, 0.15) is 0 Å². The Morgan fingerprint density at radius 3 is 0.870 bits per heavy atom. The molecule has 0 aromatic rings. The Kier molecular flexibility index (Phi) is 23.7. The number of hydrogen-bond acceptors (Lipinski definition) is 6. The number of carboxylic acid groups (broad SMARTS) is 4. The Bertz CT molecular complexity index is 331. The van der Waals surface area contributed by atoms with Gasteiger partial charge in [0.15, 0.2) is 0 Å². The second-order valence-electron chi connectivity index (χ2n) is 4.00. The molecule has 0 aliphatic heterocycles. The van der Waals surface area contributed by atoms with E-state index in [1.807, 2.05) is 0 Å². The van der Waals surface area contributed by atoms with Gasteiger partial charge in [-0.3, -0.25) is 29.0 Å². The van der Waals surface area contributed by atoms with Crippen molar-refractivity contribution in [2.75, 3.05) is 39.3 Å².